The molecule has 1 aromatic rings. The minimum Gasteiger partial charge on any atom is -0.399 e. The van der Waals surface area contributed by atoms with Gasteiger partial charge in [-0.05, 0) is 52.8 Å². The summed E-state index contributed by atoms with van der Waals surface area (Å²) in [5.74, 6) is 0. The number of fused-ring (bicyclic) bond motifs is 1. The molecule has 0 atom stereocenters. The highest BCUT2D eigenvalue weighted by Gasteiger charge is 2.52. The molecule has 2 aliphatic rings. The molecule has 2 aliphatic heterocycles. The fourth-order valence-electron chi connectivity index (χ4n) is 2.57. The summed E-state index contributed by atoms with van der Waals surface area (Å²) in [6.45, 7) is 10.6. The highest BCUT2D eigenvalue weighted by molar-refractivity contribution is 7.22. The lowest BCUT2D eigenvalue weighted by Gasteiger charge is -2.32. The Hall–Kier alpha value is -0.355. The summed E-state index contributed by atoms with van der Waals surface area (Å²) >= 11 is 1.86. The molecule has 19 heavy (non-hydrogen) atoms. The van der Waals surface area contributed by atoms with Crippen molar-refractivity contribution in [1.82, 2.24) is 4.90 Å². The van der Waals surface area contributed by atoms with Gasteiger partial charge in [-0.15, -0.1) is 11.3 Å². The van der Waals surface area contributed by atoms with Gasteiger partial charge in [-0.2, -0.15) is 0 Å². The van der Waals surface area contributed by atoms with Crippen molar-refractivity contribution in [2.75, 3.05) is 13.6 Å². The standard InChI is InChI=1S/C14H22BNO2S/c1-13(2)14(3,4)18-15(17-13)12-8-10-9-16(5)7-6-11(10)19-12/h8H,6-7,9H2,1-5H3. The van der Waals surface area contributed by atoms with Gasteiger partial charge in [-0.1, -0.05) is 0 Å². The molecule has 3 nitrogen and oxygen atoms in total. The quantitative estimate of drug-likeness (QED) is 0.734. The largest absolute Gasteiger partial charge is 0.505 e. The van der Waals surface area contributed by atoms with Crippen LogP contribution in [-0.4, -0.2) is 36.8 Å². The molecule has 0 aromatic carbocycles. The second-order valence-corrected chi connectivity index (χ2v) is 7.84. The summed E-state index contributed by atoms with van der Waals surface area (Å²) in [7, 11) is 1.97. The van der Waals surface area contributed by atoms with Crippen molar-refractivity contribution in [2.45, 2.75) is 51.9 Å². The van der Waals surface area contributed by atoms with Crippen molar-refractivity contribution in [2.24, 2.45) is 0 Å². The summed E-state index contributed by atoms with van der Waals surface area (Å²) in [6.07, 6.45) is 1.15. The molecule has 0 radical (unpaired) electrons. The van der Waals surface area contributed by atoms with Crippen molar-refractivity contribution >= 4 is 23.2 Å². The molecule has 0 amide bonds. The molecule has 0 saturated carbocycles. The van der Waals surface area contributed by atoms with Crippen molar-refractivity contribution in [3.63, 3.8) is 0 Å². The molecule has 0 aliphatic carbocycles. The topological polar surface area (TPSA) is 21.7 Å². The van der Waals surface area contributed by atoms with E-state index in [-0.39, 0.29) is 18.3 Å². The van der Waals surface area contributed by atoms with Crippen LogP contribution in [-0.2, 0) is 22.3 Å². The van der Waals surface area contributed by atoms with Crippen LogP contribution in [0.5, 0.6) is 0 Å². The Labute approximate surface area is 120 Å². The van der Waals surface area contributed by atoms with Crippen LogP contribution in [0.3, 0.4) is 0 Å². The van der Waals surface area contributed by atoms with E-state index in [1.165, 1.54) is 15.2 Å². The number of hydrogen-bond acceptors (Lipinski definition) is 4. The molecule has 5 heteroatoms. The zero-order chi connectivity index (χ0) is 13.8. The second kappa shape index (κ2) is 4.32. The smallest absolute Gasteiger partial charge is 0.399 e. The first-order valence-electron chi connectivity index (χ1n) is 6.94. The molecule has 1 saturated heterocycles. The first kappa shape index (κ1) is 13.6. The average Bonchev–Trinajstić information content (AvgIpc) is 2.78. The van der Waals surface area contributed by atoms with Gasteiger partial charge in [-0.25, -0.2) is 0 Å². The third-order valence-corrected chi connectivity index (χ3v) is 5.82. The normalized spacial score (nSPS) is 25.6. The third-order valence-electron chi connectivity index (χ3n) is 4.56. The average molecular weight is 279 g/mol. The Morgan fingerprint density at radius 3 is 2.47 bits per heavy atom. The van der Waals surface area contributed by atoms with Crippen LogP contribution in [0.2, 0.25) is 0 Å². The van der Waals surface area contributed by atoms with Crippen LogP contribution in [0.1, 0.15) is 38.1 Å². The Morgan fingerprint density at radius 2 is 1.84 bits per heavy atom. The predicted octanol–water partition coefficient (Wildman–Crippen LogP) is 2.04. The first-order valence-corrected chi connectivity index (χ1v) is 7.76. The van der Waals surface area contributed by atoms with E-state index in [4.69, 9.17) is 9.31 Å². The molecule has 3 heterocycles. The predicted molar refractivity (Wildman–Crippen MR) is 80.1 cm³/mol. The van der Waals surface area contributed by atoms with E-state index < -0.39 is 0 Å². The molecular weight excluding hydrogens is 257 g/mol. The highest BCUT2D eigenvalue weighted by atomic mass is 32.1. The summed E-state index contributed by atoms with van der Waals surface area (Å²) in [4.78, 5) is 3.87. The molecule has 0 unspecified atom stereocenters. The fourth-order valence-corrected chi connectivity index (χ4v) is 3.70. The van der Waals surface area contributed by atoms with Gasteiger partial charge < -0.3 is 14.2 Å². The van der Waals surface area contributed by atoms with Gasteiger partial charge in [0.05, 0.1) is 11.2 Å². The number of rotatable bonds is 1. The maximum Gasteiger partial charge on any atom is 0.505 e. The van der Waals surface area contributed by atoms with E-state index in [0.717, 1.165) is 19.5 Å². The fraction of sp³-hybridized carbons (Fsp3) is 0.714. The van der Waals surface area contributed by atoms with Gasteiger partial charge in [-0.3, -0.25) is 0 Å². The van der Waals surface area contributed by atoms with E-state index in [9.17, 15) is 0 Å². The molecule has 1 aromatic heterocycles. The monoisotopic (exact) mass is 279 g/mol. The Morgan fingerprint density at radius 1 is 1.21 bits per heavy atom. The Bertz CT molecular complexity index is 482. The summed E-state index contributed by atoms with van der Waals surface area (Å²) < 4.78 is 13.5. The van der Waals surface area contributed by atoms with E-state index in [1.54, 1.807) is 0 Å². The van der Waals surface area contributed by atoms with Crippen LogP contribution in [0.4, 0.5) is 0 Å². The summed E-state index contributed by atoms with van der Waals surface area (Å²) in [6, 6.07) is 2.28. The van der Waals surface area contributed by atoms with E-state index in [1.807, 2.05) is 11.3 Å². The number of likely N-dealkylation sites (N-methyl/N-ethyl adjacent to an activating group) is 1. The number of thiophene rings is 1. The molecular formula is C14H22BNO2S. The molecule has 104 valence electrons. The SMILES string of the molecule is CN1CCc2sc(B3OC(C)(C)C(C)(C)O3)cc2C1. The van der Waals surface area contributed by atoms with Gasteiger partial charge in [0, 0.05) is 22.7 Å². The maximum atomic E-state index is 6.13. The van der Waals surface area contributed by atoms with Crippen molar-refractivity contribution in [3.05, 3.63) is 16.5 Å². The van der Waals surface area contributed by atoms with Crippen LogP contribution < -0.4 is 4.78 Å². The summed E-state index contributed by atoms with van der Waals surface area (Å²) in [5, 5.41) is 0. The number of hydrogen-bond donors (Lipinski definition) is 0. The minimum absolute atomic E-state index is 0.203. The first-order chi connectivity index (χ1) is 8.78. The summed E-state index contributed by atoms with van der Waals surface area (Å²) in [5.41, 5.74) is 0.946. The Kier molecular flexibility index (Phi) is 3.10. The molecule has 0 bridgehead atoms. The van der Waals surface area contributed by atoms with E-state index in [2.05, 4.69) is 45.7 Å². The third kappa shape index (κ3) is 2.27. The van der Waals surface area contributed by atoms with Crippen molar-refractivity contribution in [1.29, 1.82) is 0 Å². The lowest BCUT2D eigenvalue weighted by atomic mass is 9.87. The molecule has 1 fully saturated rings. The van der Waals surface area contributed by atoms with Crippen molar-refractivity contribution in [3.8, 4) is 0 Å². The van der Waals surface area contributed by atoms with Gasteiger partial charge in [0.25, 0.3) is 0 Å². The lowest BCUT2D eigenvalue weighted by Crippen LogP contribution is -2.41. The zero-order valence-electron chi connectivity index (χ0n) is 12.4. The minimum atomic E-state index is -0.251. The Balaban J connectivity index is 1.85. The van der Waals surface area contributed by atoms with Gasteiger partial charge >= 0.3 is 7.12 Å². The molecule has 0 spiro atoms. The lowest BCUT2D eigenvalue weighted by molar-refractivity contribution is 0.00578. The number of nitrogens with zero attached hydrogens (tertiary/aromatic N) is 1. The van der Waals surface area contributed by atoms with E-state index >= 15 is 0 Å². The zero-order valence-corrected chi connectivity index (χ0v) is 13.3. The second-order valence-electron chi connectivity index (χ2n) is 6.67. The van der Waals surface area contributed by atoms with Crippen LogP contribution in [0.15, 0.2) is 6.07 Å². The van der Waals surface area contributed by atoms with Crippen LogP contribution in [0, 0.1) is 0 Å². The van der Waals surface area contributed by atoms with E-state index in [0.29, 0.717) is 0 Å². The van der Waals surface area contributed by atoms with Gasteiger partial charge in [0.1, 0.15) is 0 Å². The van der Waals surface area contributed by atoms with Crippen molar-refractivity contribution < 1.29 is 9.31 Å². The van der Waals surface area contributed by atoms with Gasteiger partial charge in [0.2, 0.25) is 0 Å². The van der Waals surface area contributed by atoms with Crippen LogP contribution in [0.25, 0.3) is 0 Å². The maximum absolute atomic E-state index is 6.13. The van der Waals surface area contributed by atoms with Crippen LogP contribution >= 0.6 is 11.3 Å². The molecule has 3 rings (SSSR count). The van der Waals surface area contributed by atoms with Gasteiger partial charge in [0.15, 0.2) is 0 Å². The molecule has 0 N–H and O–H groups in total. The highest BCUT2D eigenvalue weighted by Crippen LogP contribution is 2.37.